The van der Waals surface area contributed by atoms with Crippen LogP contribution in [0, 0.1) is 0 Å². The first-order chi connectivity index (χ1) is 15.2. The van der Waals surface area contributed by atoms with E-state index < -0.39 is 6.03 Å². The number of anilines is 2. The predicted octanol–water partition coefficient (Wildman–Crippen LogP) is 6.15. The number of thioether (sulfide) groups is 1. The van der Waals surface area contributed by atoms with Crippen molar-refractivity contribution in [1.82, 2.24) is 10.2 Å². The molecule has 0 spiro atoms. The zero-order valence-electron chi connectivity index (χ0n) is 16.7. The van der Waals surface area contributed by atoms with Crippen molar-refractivity contribution in [2.75, 3.05) is 17.7 Å². The van der Waals surface area contributed by atoms with Gasteiger partial charge in [0.25, 0.3) is 0 Å². The van der Waals surface area contributed by atoms with Crippen molar-refractivity contribution in [3.05, 3.63) is 84.4 Å². The van der Waals surface area contributed by atoms with Crippen LogP contribution in [0.2, 0.25) is 0 Å². The fourth-order valence-electron chi connectivity index (χ4n) is 2.89. The Hall–Kier alpha value is -3.36. The number of carbonyl (C=O) groups excluding carboxylic acids is 1. The molecule has 8 heteroatoms. The number of nitrogens with one attached hydrogen (secondary N) is 2. The van der Waals surface area contributed by atoms with E-state index in [0.29, 0.717) is 16.6 Å². The zero-order valence-corrected chi connectivity index (χ0v) is 18.4. The molecule has 2 N–H and O–H groups in total. The van der Waals surface area contributed by atoms with Crippen LogP contribution in [0.5, 0.6) is 5.75 Å². The number of hydrogen-bond donors (Lipinski definition) is 2. The second-order valence-corrected chi connectivity index (χ2v) is 8.46. The third-order valence-corrected chi connectivity index (χ3v) is 6.37. The molecule has 0 aliphatic rings. The van der Waals surface area contributed by atoms with Crippen molar-refractivity contribution < 1.29 is 9.53 Å². The quantitative estimate of drug-likeness (QED) is 0.332. The highest BCUT2D eigenvalue weighted by Crippen LogP contribution is 2.35. The summed E-state index contributed by atoms with van der Waals surface area (Å²) < 4.78 is 5.26. The van der Waals surface area contributed by atoms with E-state index >= 15 is 0 Å². The summed E-state index contributed by atoms with van der Waals surface area (Å²) in [6.07, 6.45) is 0. The minimum atomic E-state index is -0.404. The van der Waals surface area contributed by atoms with Gasteiger partial charge >= 0.3 is 6.03 Å². The molecule has 0 aliphatic heterocycles. The van der Waals surface area contributed by atoms with E-state index in [-0.39, 0.29) is 0 Å². The SMILES string of the molecule is COc1ccccc1NC(=O)Nc1nnc(-c2ccccc2SCc2ccccc2)s1. The summed E-state index contributed by atoms with van der Waals surface area (Å²) in [5.41, 5.74) is 2.84. The second kappa shape index (κ2) is 10.1. The van der Waals surface area contributed by atoms with Crippen LogP contribution in [0.3, 0.4) is 0 Å². The van der Waals surface area contributed by atoms with Crippen molar-refractivity contribution >= 4 is 39.9 Å². The van der Waals surface area contributed by atoms with Crippen molar-refractivity contribution in [3.63, 3.8) is 0 Å². The lowest BCUT2D eigenvalue weighted by atomic mass is 10.2. The van der Waals surface area contributed by atoms with Gasteiger partial charge in [0.15, 0.2) is 5.01 Å². The molecule has 1 aromatic heterocycles. The molecule has 6 nitrogen and oxygen atoms in total. The van der Waals surface area contributed by atoms with Crippen molar-refractivity contribution in [3.8, 4) is 16.3 Å². The molecular weight excluding hydrogens is 428 g/mol. The van der Waals surface area contributed by atoms with Crippen LogP contribution in [0.1, 0.15) is 5.56 Å². The largest absolute Gasteiger partial charge is 0.495 e. The number of hydrogen-bond acceptors (Lipinski definition) is 6. The lowest BCUT2D eigenvalue weighted by Gasteiger charge is -2.09. The molecule has 3 aromatic carbocycles. The summed E-state index contributed by atoms with van der Waals surface area (Å²) in [6, 6.07) is 25.2. The van der Waals surface area contributed by atoms with Crippen molar-refractivity contribution in [1.29, 1.82) is 0 Å². The van der Waals surface area contributed by atoms with E-state index in [1.807, 2.05) is 48.5 Å². The number of methoxy groups -OCH3 is 1. The molecular formula is C23H20N4O2S2. The summed E-state index contributed by atoms with van der Waals surface area (Å²) >= 11 is 3.08. The summed E-state index contributed by atoms with van der Waals surface area (Å²) in [6.45, 7) is 0. The highest BCUT2D eigenvalue weighted by Gasteiger charge is 2.14. The third-order valence-electron chi connectivity index (χ3n) is 4.36. The summed E-state index contributed by atoms with van der Waals surface area (Å²) in [5, 5.41) is 15.1. The Morgan fingerprint density at radius 1 is 0.935 bits per heavy atom. The van der Waals surface area contributed by atoms with Crippen molar-refractivity contribution in [2.45, 2.75) is 10.6 Å². The number of benzene rings is 3. The van der Waals surface area contributed by atoms with Gasteiger partial charge in [-0.2, -0.15) is 0 Å². The summed E-state index contributed by atoms with van der Waals surface area (Å²) in [5.74, 6) is 1.45. The van der Waals surface area contributed by atoms with Crippen LogP contribution in [0.25, 0.3) is 10.6 Å². The van der Waals surface area contributed by atoms with Crippen LogP contribution in [0.15, 0.2) is 83.8 Å². The molecule has 0 atom stereocenters. The van der Waals surface area contributed by atoms with E-state index in [4.69, 9.17) is 4.74 Å². The standard InChI is InChI=1S/C23H20N4O2S2/c1-29-19-13-7-6-12-18(19)24-22(28)25-23-27-26-21(31-23)17-11-5-8-14-20(17)30-15-16-9-3-2-4-10-16/h2-14H,15H2,1H3,(H2,24,25,27,28). The molecule has 2 amide bonds. The van der Waals surface area contributed by atoms with Gasteiger partial charge in [0.1, 0.15) is 5.75 Å². The lowest BCUT2D eigenvalue weighted by Crippen LogP contribution is -2.19. The first-order valence-electron chi connectivity index (χ1n) is 9.53. The third kappa shape index (κ3) is 5.42. The maximum Gasteiger partial charge on any atom is 0.325 e. The van der Waals surface area contributed by atoms with Crippen LogP contribution in [-0.2, 0) is 5.75 Å². The van der Waals surface area contributed by atoms with Crippen LogP contribution >= 0.6 is 23.1 Å². The van der Waals surface area contributed by atoms with E-state index in [2.05, 4.69) is 39.0 Å². The average molecular weight is 449 g/mol. The topological polar surface area (TPSA) is 76.1 Å². The summed E-state index contributed by atoms with van der Waals surface area (Å²) in [7, 11) is 1.56. The number of nitrogens with zero attached hydrogens (tertiary/aromatic N) is 2. The van der Waals surface area contributed by atoms with Crippen LogP contribution < -0.4 is 15.4 Å². The van der Waals surface area contributed by atoms with E-state index in [0.717, 1.165) is 21.2 Å². The van der Waals surface area contributed by atoms with Gasteiger partial charge in [-0.15, -0.1) is 22.0 Å². The Morgan fingerprint density at radius 3 is 2.52 bits per heavy atom. The Balaban J connectivity index is 1.44. The van der Waals surface area contributed by atoms with Gasteiger partial charge in [0.05, 0.1) is 12.8 Å². The van der Waals surface area contributed by atoms with E-state index in [9.17, 15) is 4.79 Å². The Bertz CT molecular complexity index is 1160. The minimum Gasteiger partial charge on any atom is -0.495 e. The molecule has 4 rings (SSSR count). The average Bonchev–Trinajstić information content (AvgIpc) is 3.27. The fourth-order valence-corrected chi connectivity index (χ4v) is 4.74. The first kappa shape index (κ1) is 20.9. The molecule has 4 aromatic rings. The monoisotopic (exact) mass is 448 g/mol. The number of aromatic nitrogens is 2. The molecule has 156 valence electrons. The minimum absolute atomic E-state index is 0.404. The van der Waals surface area contributed by atoms with Crippen LogP contribution in [-0.4, -0.2) is 23.3 Å². The van der Waals surface area contributed by atoms with Crippen LogP contribution in [0.4, 0.5) is 15.6 Å². The van der Waals surface area contributed by atoms with Gasteiger partial charge in [-0.1, -0.05) is 72.0 Å². The van der Waals surface area contributed by atoms with E-state index in [1.165, 1.54) is 16.9 Å². The maximum absolute atomic E-state index is 12.4. The fraction of sp³-hybridized carbons (Fsp3) is 0.0870. The number of amides is 2. The highest BCUT2D eigenvalue weighted by molar-refractivity contribution is 7.98. The van der Waals surface area contributed by atoms with Gasteiger partial charge in [0, 0.05) is 16.2 Å². The molecule has 0 unspecified atom stereocenters. The zero-order chi connectivity index (χ0) is 21.5. The van der Waals surface area contributed by atoms with Gasteiger partial charge < -0.3 is 10.1 Å². The van der Waals surface area contributed by atoms with Gasteiger partial charge in [0.2, 0.25) is 5.13 Å². The Kier molecular flexibility index (Phi) is 6.81. The number of carbonyl (C=O) groups is 1. The normalized spacial score (nSPS) is 10.5. The second-order valence-electron chi connectivity index (χ2n) is 6.46. The first-order valence-corrected chi connectivity index (χ1v) is 11.3. The Labute approximate surface area is 188 Å². The Morgan fingerprint density at radius 2 is 1.68 bits per heavy atom. The molecule has 0 fully saturated rings. The summed E-state index contributed by atoms with van der Waals surface area (Å²) in [4.78, 5) is 13.5. The van der Waals surface area contributed by atoms with Gasteiger partial charge in [-0.3, -0.25) is 5.32 Å². The van der Waals surface area contributed by atoms with Crippen molar-refractivity contribution in [2.24, 2.45) is 0 Å². The van der Waals surface area contributed by atoms with E-state index in [1.54, 1.807) is 31.0 Å². The molecule has 0 aliphatic carbocycles. The van der Waals surface area contributed by atoms with Gasteiger partial charge in [-0.05, 0) is 23.8 Å². The molecule has 0 bridgehead atoms. The highest BCUT2D eigenvalue weighted by atomic mass is 32.2. The predicted molar refractivity (Wildman–Crippen MR) is 127 cm³/mol. The molecule has 0 radical (unpaired) electrons. The van der Waals surface area contributed by atoms with Gasteiger partial charge in [-0.25, -0.2) is 4.79 Å². The molecule has 31 heavy (non-hydrogen) atoms. The molecule has 1 heterocycles. The number of ether oxygens (including phenoxy) is 1. The molecule has 0 saturated carbocycles. The number of rotatable bonds is 7. The number of urea groups is 1. The molecule has 0 saturated heterocycles. The number of para-hydroxylation sites is 2. The lowest BCUT2D eigenvalue weighted by molar-refractivity contribution is 0.262. The smallest absolute Gasteiger partial charge is 0.325 e. The maximum atomic E-state index is 12.4.